The molecule has 5 aromatic rings. The topological polar surface area (TPSA) is 42.7 Å². The van der Waals surface area contributed by atoms with Gasteiger partial charge in [-0.25, -0.2) is 4.68 Å². The maximum absolute atomic E-state index is 13.0. The first-order valence-corrected chi connectivity index (χ1v) is 9.75. The molecule has 3 aromatic carbocycles. The van der Waals surface area contributed by atoms with Crippen LogP contribution in [0.5, 0.6) is 0 Å². The second-order valence-corrected chi connectivity index (χ2v) is 7.16. The summed E-state index contributed by atoms with van der Waals surface area (Å²) in [5.74, 6) is 0. The van der Waals surface area contributed by atoms with E-state index in [9.17, 15) is 4.79 Å². The zero-order valence-corrected chi connectivity index (χ0v) is 16.2. The van der Waals surface area contributed by atoms with Crippen molar-refractivity contribution >= 4 is 34.5 Å². The summed E-state index contributed by atoms with van der Waals surface area (Å²) in [5, 5.41) is 6.69. The third-order valence-corrected chi connectivity index (χ3v) is 5.44. The molecule has 5 rings (SSSR count). The first kappa shape index (κ1) is 17.3. The van der Waals surface area contributed by atoms with E-state index in [4.69, 9.17) is 0 Å². The Bertz CT molecular complexity index is 1520. The number of para-hydroxylation sites is 2. The van der Waals surface area contributed by atoms with Crippen LogP contribution >= 0.6 is 0 Å². The number of aryl methyl sites for hydroxylation is 1. The van der Waals surface area contributed by atoms with Crippen molar-refractivity contribution in [2.75, 3.05) is 0 Å². The van der Waals surface area contributed by atoms with Crippen LogP contribution in [0.25, 0.3) is 40.1 Å². The lowest BCUT2D eigenvalue weighted by molar-refractivity contribution is 0.827. The fourth-order valence-corrected chi connectivity index (χ4v) is 4.07. The van der Waals surface area contributed by atoms with Gasteiger partial charge in [0.25, 0.3) is 5.56 Å². The van der Waals surface area contributed by atoms with Crippen LogP contribution in [-0.2, 0) is 6.54 Å². The molecule has 1 N–H and O–H groups in total. The largest absolute Gasteiger partial charge is 0.341 e. The molecule has 0 unspecified atom stereocenters. The highest BCUT2D eigenvalue weighted by Crippen LogP contribution is 2.29. The maximum atomic E-state index is 13.0. The number of nitrogens with zero attached hydrogens (tertiary/aromatic N) is 2. The number of hydrogen-bond acceptors (Lipinski definition) is 1. The summed E-state index contributed by atoms with van der Waals surface area (Å²) < 4.78 is 3.86. The molecule has 0 bridgehead atoms. The average Bonchev–Trinajstić information content (AvgIpc) is 3.23. The van der Waals surface area contributed by atoms with E-state index in [1.165, 1.54) is 26.5 Å². The van der Waals surface area contributed by atoms with Crippen molar-refractivity contribution in [1.82, 2.24) is 14.3 Å². The first-order valence-electron chi connectivity index (χ1n) is 9.75. The Labute approximate surface area is 167 Å². The van der Waals surface area contributed by atoms with E-state index in [2.05, 4.69) is 65.6 Å². The third kappa shape index (κ3) is 2.72. The Kier molecular flexibility index (Phi) is 3.98. The highest BCUT2D eigenvalue weighted by molar-refractivity contribution is 6.08. The number of H-pyrrole nitrogens is 1. The van der Waals surface area contributed by atoms with Crippen molar-refractivity contribution in [2.45, 2.75) is 13.5 Å². The minimum Gasteiger partial charge on any atom is -0.341 e. The predicted molar refractivity (Wildman–Crippen MR) is 120 cm³/mol. The van der Waals surface area contributed by atoms with Gasteiger partial charge >= 0.3 is 0 Å². The number of benzene rings is 3. The molecular weight excluding hydrogens is 358 g/mol. The molecule has 0 aliphatic carbocycles. The number of rotatable bonds is 3. The standard InChI is InChI=1S/C25H21N3O/c1-3-27-23-12-8-7-11-20(23)22-16-18(13-14-24(22)27)15-21-17(2)26-28(25(21)29)19-9-5-4-6-10-19/h4-16,26H,2-3H2,1H3/b21-15+. The summed E-state index contributed by atoms with van der Waals surface area (Å²) in [6.07, 6.45) is 1.91. The molecule has 29 heavy (non-hydrogen) atoms. The van der Waals surface area contributed by atoms with Gasteiger partial charge in [0.05, 0.1) is 16.3 Å². The van der Waals surface area contributed by atoms with Crippen molar-refractivity contribution < 1.29 is 0 Å². The first-order chi connectivity index (χ1) is 14.2. The molecule has 0 spiro atoms. The van der Waals surface area contributed by atoms with Gasteiger partial charge in [-0.1, -0.05) is 49.0 Å². The van der Waals surface area contributed by atoms with E-state index in [-0.39, 0.29) is 5.56 Å². The van der Waals surface area contributed by atoms with Gasteiger partial charge in [-0.2, -0.15) is 0 Å². The van der Waals surface area contributed by atoms with Crippen LogP contribution in [0, 0.1) is 0 Å². The van der Waals surface area contributed by atoms with Gasteiger partial charge in [-0.05, 0) is 48.9 Å². The molecule has 4 nitrogen and oxygen atoms in total. The third-order valence-electron chi connectivity index (χ3n) is 5.44. The Morgan fingerprint density at radius 2 is 1.66 bits per heavy atom. The second-order valence-electron chi connectivity index (χ2n) is 7.16. The summed E-state index contributed by atoms with van der Waals surface area (Å²) in [6.45, 7) is 7.11. The summed E-state index contributed by atoms with van der Waals surface area (Å²) in [6, 6.07) is 24.3. The van der Waals surface area contributed by atoms with Crippen LogP contribution in [0.3, 0.4) is 0 Å². The van der Waals surface area contributed by atoms with Gasteiger partial charge in [-0.3, -0.25) is 9.89 Å². The number of nitrogens with one attached hydrogen (secondary N) is 1. The van der Waals surface area contributed by atoms with Crippen molar-refractivity contribution in [1.29, 1.82) is 0 Å². The Morgan fingerprint density at radius 3 is 2.45 bits per heavy atom. The molecule has 0 radical (unpaired) electrons. The fraction of sp³-hybridized carbons (Fsp3) is 0.0800. The van der Waals surface area contributed by atoms with E-state index in [0.29, 0.717) is 10.6 Å². The predicted octanol–water partition coefficient (Wildman–Crippen LogP) is 3.53. The number of hydrogen-bond donors (Lipinski definition) is 1. The molecule has 0 amide bonds. The maximum Gasteiger partial charge on any atom is 0.279 e. The van der Waals surface area contributed by atoms with Gasteiger partial charge < -0.3 is 4.57 Å². The monoisotopic (exact) mass is 379 g/mol. The quantitative estimate of drug-likeness (QED) is 0.512. The zero-order valence-electron chi connectivity index (χ0n) is 16.2. The van der Waals surface area contributed by atoms with E-state index >= 15 is 0 Å². The van der Waals surface area contributed by atoms with Crippen LogP contribution in [-0.4, -0.2) is 14.3 Å². The van der Waals surface area contributed by atoms with Gasteiger partial charge in [-0.15, -0.1) is 0 Å². The summed E-state index contributed by atoms with van der Waals surface area (Å²) in [4.78, 5) is 13.0. The minimum absolute atomic E-state index is 0.0997. The smallest absolute Gasteiger partial charge is 0.279 e. The lowest BCUT2D eigenvalue weighted by atomic mass is 10.1. The van der Waals surface area contributed by atoms with Gasteiger partial charge in [0.1, 0.15) is 0 Å². The second kappa shape index (κ2) is 6.67. The molecule has 2 aromatic heterocycles. The van der Waals surface area contributed by atoms with Crippen molar-refractivity contribution in [2.24, 2.45) is 0 Å². The average molecular weight is 379 g/mol. The number of aromatic amines is 1. The molecule has 0 saturated heterocycles. The lowest BCUT2D eigenvalue weighted by Crippen LogP contribution is -2.33. The minimum atomic E-state index is -0.0997. The van der Waals surface area contributed by atoms with Crippen LogP contribution in [0.4, 0.5) is 0 Å². The van der Waals surface area contributed by atoms with Crippen LogP contribution in [0.1, 0.15) is 12.5 Å². The van der Waals surface area contributed by atoms with Crippen molar-refractivity contribution in [3.05, 3.63) is 99.3 Å². The molecule has 0 atom stereocenters. The molecule has 4 heteroatoms. The lowest BCUT2D eigenvalue weighted by Gasteiger charge is -2.02. The highest BCUT2D eigenvalue weighted by Gasteiger charge is 2.10. The number of aromatic nitrogens is 3. The normalized spacial score (nSPS) is 12.2. The van der Waals surface area contributed by atoms with Gasteiger partial charge in [0, 0.05) is 28.4 Å². The molecule has 0 saturated carbocycles. The Morgan fingerprint density at radius 1 is 0.931 bits per heavy atom. The van der Waals surface area contributed by atoms with Gasteiger partial charge in [0.2, 0.25) is 0 Å². The highest BCUT2D eigenvalue weighted by atomic mass is 16.1. The summed E-state index contributed by atoms with van der Waals surface area (Å²) in [7, 11) is 0. The molecule has 0 aliphatic heterocycles. The SMILES string of the molecule is C=c1[nH]n(-c2ccccc2)c(=O)/c1=C/c1ccc2c(c1)c1ccccc1n2CC. The van der Waals surface area contributed by atoms with Gasteiger partial charge in [0.15, 0.2) is 0 Å². The van der Waals surface area contributed by atoms with Crippen LogP contribution < -0.4 is 16.1 Å². The Hall–Kier alpha value is -3.79. The van der Waals surface area contributed by atoms with Crippen LogP contribution in [0.15, 0.2) is 77.6 Å². The molecule has 2 heterocycles. The van der Waals surface area contributed by atoms with Crippen LogP contribution in [0.2, 0.25) is 0 Å². The van der Waals surface area contributed by atoms with E-state index in [0.717, 1.165) is 17.8 Å². The summed E-state index contributed by atoms with van der Waals surface area (Å²) in [5.41, 5.74) is 4.11. The molecule has 142 valence electrons. The molecular formula is C25H21N3O. The number of fused-ring (bicyclic) bond motifs is 3. The molecule has 0 aliphatic rings. The zero-order chi connectivity index (χ0) is 20.0. The van der Waals surface area contributed by atoms with E-state index < -0.39 is 0 Å². The molecule has 0 fully saturated rings. The summed E-state index contributed by atoms with van der Waals surface area (Å²) >= 11 is 0. The van der Waals surface area contributed by atoms with Crippen molar-refractivity contribution in [3.8, 4) is 5.69 Å². The fourth-order valence-electron chi connectivity index (χ4n) is 4.07. The van der Waals surface area contributed by atoms with Crippen molar-refractivity contribution in [3.63, 3.8) is 0 Å². The van der Waals surface area contributed by atoms with E-state index in [1.807, 2.05) is 36.4 Å². The Balaban J connectivity index is 1.73. The van der Waals surface area contributed by atoms with E-state index in [1.54, 1.807) is 0 Å².